The standard InChI is InChI=1S/C20H21N3O4/c1-13-15(16-17(27-13)21-12-22(3)18(16)24)19(25)23-9-10-26-20(2,11-23)14-7-5-4-6-8-14/h4-8,12H,9-11H2,1-3H3/t20-/m0/s1. The molecular weight excluding hydrogens is 346 g/mol. The van der Waals surface area contributed by atoms with Gasteiger partial charge in [0.25, 0.3) is 11.5 Å². The first-order valence-electron chi connectivity index (χ1n) is 8.84. The van der Waals surface area contributed by atoms with Gasteiger partial charge in [-0.05, 0) is 19.4 Å². The molecule has 0 bridgehead atoms. The molecule has 7 nitrogen and oxygen atoms in total. The van der Waals surface area contributed by atoms with Crippen LogP contribution in [0.1, 0.15) is 28.6 Å². The van der Waals surface area contributed by atoms with Crippen LogP contribution in [0.3, 0.4) is 0 Å². The lowest BCUT2D eigenvalue weighted by atomic mass is 9.93. The molecule has 0 N–H and O–H groups in total. The van der Waals surface area contributed by atoms with Gasteiger partial charge in [-0.25, -0.2) is 4.98 Å². The van der Waals surface area contributed by atoms with Crippen LogP contribution in [0.15, 0.2) is 45.9 Å². The van der Waals surface area contributed by atoms with Crippen LogP contribution >= 0.6 is 0 Å². The molecule has 4 rings (SSSR count). The Labute approximate surface area is 156 Å². The Bertz CT molecular complexity index is 1070. The van der Waals surface area contributed by atoms with Gasteiger partial charge in [0, 0.05) is 13.6 Å². The zero-order valence-corrected chi connectivity index (χ0v) is 15.6. The molecule has 1 saturated heterocycles. The zero-order valence-electron chi connectivity index (χ0n) is 15.6. The number of benzene rings is 1. The SMILES string of the molecule is Cc1oc2ncn(C)c(=O)c2c1C(=O)N1CCO[C@](C)(c2ccccc2)C1. The molecule has 1 aliphatic heterocycles. The molecule has 140 valence electrons. The van der Waals surface area contributed by atoms with Crippen molar-refractivity contribution in [3.8, 4) is 0 Å². The third-order valence-corrected chi connectivity index (χ3v) is 5.11. The van der Waals surface area contributed by atoms with E-state index in [1.165, 1.54) is 10.9 Å². The number of aryl methyl sites for hydroxylation is 2. The van der Waals surface area contributed by atoms with Crippen molar-refractivity contribution in [1.29, 1.82) is 0 Å². The summed E-state index contributed by atoms with van der Waals surface area (Å²) in [6, 6.07) is 9.84. The highest BCUT2D eigenvalue weighted by Gasteiger charge is 2.37. The molecule has 1 atom stereocenters. The van der Waals surface area contributed by atoms with Crippen molar-refractivity contribution in [3.05, 3.63) is 63.9 Å². The second kappa shape index (κ2) is 6.35. The summed E-state index contributed by atoms with van der Waals surface area (Å²) in [6.45, 7) is 4.92. The zero-order chi connectivity index (χ0) is 19.2. The highest BCUT2D eigenvalue weighted by atomic mass is 16.5. The van der Waals surface area contributed by atoms with E-state index in [4.69, 9.17) is 9.15 Å². The monoisotopic (exact) mass is 367 g/mol. The Morgan fingerprint density at radius 2 is 2.00 bits per heavy atom. The van der Waals surface area contributed by atoms with Crippen molar-refractivity contribution in [2.24, 2.45) is 7.05 Å². The van der Waals surface area contributed by atoms with Crippen molar-refractivity contribution >= 4 is 17.0 Å². The Morgan fingerprint density at radius 3 is 2.74 bits per heavy atom. The summed E-state index contributed by atoms with van der Waals surface area (Å²) in [5.74, 6) is 0.167. The number of fused-ring (bicyclic) bond motifs is 1. The fourth-order valence-corrected chi connectivity index (χ4v) is 3.61. The molecule has 3 heterocycles. The summed E-state index contributed by atoms with van der Waals surface area (Å²) in [4.78, 5) is 31.7. The molecule has 1 amide bonds. The van der Waals surface area contributed by atoms with Gasteiger partial charge in [-0.2, -0.15) is 0 Å². The summed E-state index contributed by atoms with van der Waals surface area (Å²) in [7, 11) is 1.60. The van der Waals surface area contributed by atoms with Crippen LogP contribution in [-0.4, -0.2) is 40.1 Å². The number of hydrogen-bond donors (Lipinski definition) is 0. The van der Waals surface area contributed by atoms with Crippen LogP contribution in [-0.2, 0) is 17.4 Å². The van der Waals surface area contributed by atoms with E-state index >= 15 is 0 Å². The van der Waals surface area contributed by atoms with E-state index in [0.717, 1.165) is 5.56 Å². The Morgan fingerprint density at radius 1 is 1.26 bits per heavy atom. The maximum Gasteiger partial charge on any atom is 0.265 e. The number of rotatable bonds is 2. The van der Waals surface area contributed by atoms with Gasteiger partial charge in [-0.1, -0.05) is 30.3 Å². The molecule has 0 aliphatic carbocycles. The third kappa shape index (κ3) is 2.84. The fraction of sp³-hybridized carbons (Fsp3) is 0.350. The van der Waals surface area contributed by atoms with Crippen molar-refractivity contribution in [3.63, 3.8) is 0 Å². The number of hydrogen-bond acceptors (Lipinski definition) is 5. The quantitative estimate of drug-likeness (QED) is 0.694. The van der Waals surface area contributed by atoms with Crippen LogP contribution < -0.4 is 5.56 Å². The number of amides is 1. The normalized spacial score (nSPS) is 20.2. The second-order valence-electron chi connectivity index (χ2n) is 7.05. The van der Waals surface area contributed by atoms with E-state index in [1.54, 1.807) is 18.9 Å². The molecule has 1 aromatic carbocycles. The lowest BCUT2D eigenvalue weighted by Crippen LogP contribution is -2.50. The van der Waals surface area contributed by atoms with Crippen molar-refractivity contribution in [2.75, 3.05) is 19.7 Å². The van der Waals surface area contributed by atoms with E-state index < -0.39 is 5.60 Å². The average molecular weight is 367 g/mol. The van der Waals surface area contributed by atoms with Gasteiger partial charge >= 0.3 is 0 Å². The minimum Gasteiger partial charge on any atom is -0.442 e. The van der Waals surface area contributed by atoms with Gasteiger partial charge < -0.3 is 18.6 Å². The molecule has 3 aromatic rings. The van der Waals surface area contributed by atoms with Crippen LogP contribution in [0.4, 0.5) is 0 Å². The van der Waals surface area contributed by atoms with E-state index in [1.807, 2.05) is 37.3 Å². The Hall–Kier alpha value is -2.93. The molecule has 1 fully saturated rings. The highest BCUT2D eigenvalue weighted by molar-refractivity contribution is 6.06. The van der Waals surface area contributed by atoms with Gasteiger partial charge in [-0.15, -0.1) is 0 Å². The van der Waals surface area contributed by atoms with Gasteiger partial charge in [0.05, 0.1) is 18.7 Å². The number of carbonyl (C=O) groups excluding carboxylic acids is 1. The van der Waals surface area contributed by atoms with E-state index in [0.29, 0.717) is 25.5 Å². The minimum absolute atomic E-state index is 0.193. The predicted octanol–water partition coefficient (Wildman–Crippen LogP) is 2.22. The van der Waals surface area contributed by atoms with Gasteiger partial charge in [0.2, 0.25) is 5.71 Å². The number of ether oxygens (including phenoxy) is 1. The number of carbonyl (C=O) groups is 1. The first-order chi connectivity index (χ1) is 12.9. The highest BCUT2D eigenvalue weighted by Crippen LogP contribution is 2.31. The van der Waals surface area contributed by atoms with Crippen molar-refractivity contribution in [2.45, 2.75) is 19.4 Å². The van der Waals surface area contributed by atoms with Crippen LogP contribution in [0.5, 0.6) is 0 Å². The lowest BCUT2D eigenvalue weighted by molar-refractivity contribution is -0.0930. The Balaban J connectivity index is 1.73. The molecule has 0 saturated carbocycles. The van der Waals surface area contributed by atoms with Crippen LogP contribution in [0.25, 0.3) is 11.1 Å². The average Bonchev–Trinajstić information content (AvgIpc) is 3.01. The van der Waals surface area contributed by atoms with Crippen molar-refractivity contribution < 1.29 is 13.9 Å². The topological polar surface area (TPSA) is 77.6 Å². The van der Waals surface area contributed by atoms with Crippen molar-refractivity contribution in [1.82, 2.24) is 14.5 Å². The van der Waals surface area contributed by atoms with Gasteiger partial charge in [0.15, 0.2) is 0 Å². The van der Waals surface area contributed by atoms with Crippen LogP contribution in [0, 0.1) is 6.92 Å². The maximum absolute atomic E-state index is 13.3. The smallest absolute Gasteiger partial charge is 0.265 e. The van der Waals surface area contributed by atoms with E-state index in [2.05, 4.69) is 4.98 Å². The third-order valence-electron chi connectivity index (χ3n) is 5.11. The molecule has 0 spiro atoms. The predicted molar refractivity (Wildman–Crippen MR) is 99.6 cm³/mol. The number of morpholine rings is 1. The molecule has 0 unspecified atom stereocenters. The van der Waals surface area contributed by atoms with Gasteiger partial charge in [0.1, 0.15) is 23.1 Å². The molecule has 1 aliphatic rings. The number of nitrogens with zero attached hydrogens (tertiary/aromatic N) is 3. The molecule has 7 heteroatoms. The largest absolute Gasteiger partial charge is 0.442 e. The summed E-state index contributed by atoms with van der Waals surface area (Å²) in [6.07, 6.45) is 1.39. The molecule has 27 heavy (non-hydrogen) atoms. The van der Waals surface area contributed by atoms with Crippen LogP contribution in [0.2, 0.25) is 0 Å². The van der Waals surface area contributed by atoms with E-state index in [9.17, 15) is 9.59 Å². The first kappa shape index (κ1) is 17.5. The lowest BCUT2D eigenvalue weighted by Gasteiger charge is -2.40. The first-order valence-corrected chi connectivity index (χ1v) is 8.84. The van der Waals surface area contributed by atoms with E-state index in [-0.39, 0.29) is 28.1 Å². The fourth-order valence-electron chi connectivity index (χ4n) is 3.61. The summed E-state index contributed by atoms with van der Waals surface area (Å²) in [5.41, 5.74) is 0.591. The molecule has 0 radical (unpaired) electrons. The number of aromatic nitrogens is 2. The molecule has 2 aromatic heterocycles. The molecular formula is C20H21N3O4. The summed E-state index contributed by atoms with van der Waals surface area (Å²) < 4.78 is 12.9. The summed E-state index contributed by atoms with van der Waals surface area (Å²) >= 11 is 0. The minimum atomic E-state index is -0.605. The number of furan rings is 1. The second-order valence-corrected chi connectivity index (χ2v) is 7.05. The maximum atomic E-state index is 13.3. The summed E-state index contributed by atoms with van der Waals surface area (Å²) in [5, 5.41) is 0.232. The van der Waals surface area contributed by atoms with Gasteiger partial charge in [-0.3, -0.25) is 9.59 Å². The Kier molecular flexibility index (Phi) is 4.11.